The summed E-state index contributed by atoms with van der Waals surface area (Å²) in [6.45, 7) is 3.38. The number of benzene rings is 1. The van der Waals surface area contributed by atoms with Crippen LogP contribution in [0.2, 0.25) is 10.0 Å². The van der Waals surface area contributed by atoms with E-state index in [1.165, 1.54) is 6.26 Å². The molecule has 1 N–H and O–H groups in total. The van der Waals surface area contributed by atoms with Crippen LogP contribution in [0.3, 0.4) is 0 Å². The van der Waals surface area contributed by atoms with Gasteiger partial charge in [-0.05, 0) is 56.9 Å². The van der Waals surface area contributed by atoms with Gasteiger partial charge in [0, 0.05) is 36.3 Å². The predicted molar refractivity (Wildman–Crippen MR) is 121 cm³/mol. The first-order chi connectivity index (χ1) is 15.3. The fraction of sp³-hybridized carbons (Fsp3) is 0.435. The van der Waals surface area contributed by atoms with Crippen molar-refractivity contribution in [3.8, 4) is 0 Å². The van der Waals surface area contributed by atoms with E-state index in [1.807, 2.05) is 6.92 Å². The van der Waals surface area contributed by atoms with E-state index in [0.717, 1.165) is 12.0 Å². The SMILES string of the molecule is Cc1ccoc1C(=O)NC1CCN(C(=O)C2CCCN2C(=O)c2cc(Cl)ccc2Cl)CC1. The lowest BCUT2D eigenvalue weighted by Gasteiger charge is -2.35. The Labute approximate surface area is 196 Å². The average Bonchev–Trinajstić information content (AvgIpc) is 3.44. The molecule has 2 aliphatic rings. The largest absolute Gasteiger partial charge is 0.459 e. The predicted octanol–water partition coefficient (Wildman–Crippen LogP) is 3.92. The number of carbonyl (C=O) groups is 3. The van der Waals surface area contributed by atoms with Crippen LogP contribution in [0.15, 0.2) is 34.9 Å². The third-order valence-corrected chi connectivity index (χ3v) is 6.73. The van der Waals surface area contributed by atoms with Gasteiger partial charge in [0.2, 0.25) is 5.91 Å². The number of hydrogen-bond acceptors (Lipinski definition) is 4. The minimum Gasteiger partial charge on any atom is -0.459 e. The van der Waals surface area contributed by atoms with Crippen molar-refractivity contribution < 1.29 is 18.8 Å². The summed E-state index contributed by atoms with van der Waals surface area (Å²) in [5.41, 5.74) is 1.11. The molecule has 1 atom stereocenters. The second kappa shape index (κ2) is 9.55. The molecule has 7 nitrogen and oxygen atoms in total. The topological polar surface area (TPSA) is 82.9 Å². The number of rotatable bonds is 4. The Kier molecular flexibility index (Phi) is 6.76. The second-order valence-electron chi connectivity index (χ2n) is 8.29. The van der Waals surface area contributed by atoms with E-state index in [4.69, 9.17) is 27.6 Å². The summed E-state index contributed by atoms with van der Waals surface area (Å²) in [5.74, 6) is -0.239. The van der Waals surface area contributed by atoms with Gasteiger partial charge in [-0.1, -0.05) is 23.2 Å². The van der Waals surface area contributed by atoms with Crippen molar-refractivity contribution in [2.75, 3.05) is 19.6 Å². The molecule has 2 aromatic rings. The Morgan fingerprint density at radius 1 is 1.06 bits per heavy atom. The lowest BCUT2D eigenvalue weighted by atomic mass is 10.0. The van der Waals surface area contributed by atoms with Crippen LogP contribution >= 0.6 is 23.2 Å². The normalized spacial score (nSPS) is 19.3. The molecule has 1 unspecified atom stereocenters. The zero-order chi connectivity index (χ0) is 22.8. The standard InChI is InChI=1S/C23H25Cl2N3O4/c1-14-8-12-32-20(14)21(29)26-16-6-10-27(11-7-16)23(31)19-3-2-9-28(19)22(30)17-13-15(24)4-5-18(17)25/h4-5,8,12-13,16,19H,2-3,6-7,9-11H2,1H3,(H,26,29). The van der Waals surface area contributed by atoms with Crippen LogP contribution in [0.4, 0.5) is 0 Å². The van der Waals surface area contributed by atoms with Crippen LogP contribution < -0.4 is 5.32 Å². The highest BCUT2D eigenvalue weighted by atomic mass is 35.5. The zero-order valence-electron chi connectivity index (χ0n) is 17.8. The van der Waals surface area contributed by atoms with Crippen LogP contribution in [0.1, 0.15) is 52.2 Å². The smallest absolute Gasteiger partial charge is 0.287 e. The number of furan rings is 1. The van der Waals surface area contributed by atoms with Crippen molar-refractivity contribution in [2.45, 2.75) is 44.7 Å². The fourth-order valence-electron chi connectivity index (χ4n) is 4.39. The molecule has 2 fully saturated rings. The number of halogens is 2. The van der Waals surface area contributed by atoms with E-state index in [2.05, 4.69) is 5.32 Å². The minimum absolute atomic E-state index is 0.0253. The third-order valence-electron chi connectivity index (χ3n) is 6.17. The van der Waals surface area contributed by atoms with Crippen LogP contribution in [0.25, 0.3) is 0 Å². The summed E-state index contributed by atoms with van der Waals surface area (Å²) in [4.78, 5) is 42.1. The van der Waals surface area contributed by atoms with E-state index in [9.17, 15) is 14.4 Å². The highest BCUT2D eigenvalue weighted by Gasteiger charge is 2.38. The zero-order valence-corrected chi connectivity index (χ0v) is 19.3. The molecule has 0 spiro atoms. The van der Waals surface area contributed by atoms with E-state index < -0.39 is 6.04 Å². The molecule has 32 heavy (non-hydrogen) atoms. The summed E-state index contributed by atoms with van der Waals surface area (Å²) < 4.78 is 5.25. The van der Waals surface area contributed by atoms with Gasteiger partial charge in [0.1, 0.15) is 6.04 Å². The minimum atomic E-state index is -0.505. The van der Waals surface area contributed by atoms with Crippen molar-refractivity contribution in [3.05, 3.63) is 57.5 Å². The molecule has 0 aliphatic carbocycles. The van der Waals surface area contributed by atoms with Crippen molar-refractivity contribution >= 4 is 40.9 Å². The number of amides is 3. The van der Waals surface area contributed by atoms with Gasteiger partial charge in [-0.15, -0.1) is 0 Å². The van der Waals surface area contributed by atoms with Gasteiger partial charge in [0.25, 0.3) is 11.8 Å². The Hall–Kier alpha value is -2.51. The van der Waals surface area contributed by atoms with Gasteiger partial charge in [-0.3, -0.25) is 14.4 Å². The monoisotopic (exact) mass is 477 g/mol. The van der Waals surface area contributed by atoms with E-state index in [1.54, 1.807) is 34.1 Å². The molecule has 0 saturated carbocycles. The number of hydrogen-bond donors (Lipinski definition) is 1. The maximum absolute atomic E-state index is 13.2. The van der Waals surface area contributed by atoms with Gasteiger partial charge in [-0.25, -0.2) is 0 Å². The molecule has 170 valence electrons. The number of nitrogens with zero attached hydrogens (tertiary/aromatic N) is 2. The first-order valence-corrected chi connectivity index (χ1v) is 11.5. The molecule has 0 bridgehead atoms. The fourth-order valence-corrected chi connectivity index (χ4v) is 4.76. The molecule has 4 rings (SSSR count). The summed E-state index contributed by atoms with van der Waals surface area (Å²) in [6.07, 6.45) is 4.18. The maximum Gasteiger partial charge on any atom is 0.287 e. The molecule has 3 amide bonds. The highest BCUT2D eigenvalue weighted by Crippen LogP contribution is 2.28. The van der Waals surface area contributed by atoms with Gasteiger partial charge >= 0.3 is 0 Å². The molecule has 1 aromatic heterocycles. The maximum atomic E-state index is 13.2. The summed E-state index contributed by atoms with van der Waals surface area (Å²) in [7, 11) is 0. The van der Waals surface area contributed by atoms with E-state index >= 15 is 0 Å². The van der Waals surface area contributed by atoms with Crippen molar-refractivity contribution in [1.82, 2.24) is 15.1 Å². The van der Waals surface area contributed by atoms with E-state index in [0.29, 0.717) is 60.3 Å². The molecule has 3 heterocycles. The van der Waals surface area contributed by atoms with Gasteiger partial charge in [-0.2, -0.15) is 0 Å². The molecular weight excluding hydrogens is 453 g/mol. The number of nitrogens with one attached hydrogen (secondary N) is 1. The quantitative estimate of drug-likeness (QED) is 0.722. The van der Waals surface area contributed by atoms with Crippen molar-refractivity contribution in [3.63, 3.8) is 0 Å². The number of piperidine rings is 1. The lowest BCUT2D eigenvalue weighted by molar-refractivity contribution is -0.136. The third kappa shape index (κ3) is 4.64. The van der Waals surface area contributed by atoms with Crippen LogP contribution in [-0.4, -0.2) is 59.2 Å². The molecule has 1 aromatic carbocycles. The summed E-state index contributed by atoms with van der Waals surface area (Å²) >= 11 is 12.2. The highest BCUT2D eigenvalue weighted by molar-refractivity contribution is 6.35. The lowest BCUT2D eigenvalue weighted by Crippen LogP contribution is -2.52. The number of aryl methyl sites for hydroxylation is 1. The van der Waals surface area contributed by atoms with Crippen LogP contribution in [-0.2, 0) is 4.79 Å². The summed E-state index contributed by atoms with van der Waals surface area (Å²) in [6, 6.07) is 5.98. The molecule has 2 saturated heterocycles. The Balaban J connectivity index is 1.36. The second-order valence-corrected chi connectivity index (χ2v) is 9.13. The van der Waals surface area contributed by atoms with Gasteiger partial charge in [0.05, 0.1) is 16.8 Å². The molecule has 9 heteroatoms. The Bertz CT molecular complexity index is 1030. The van der Waals surface area contributed by atoms with Crippen LogP contribution in [0.5, 0.6) is 0 Å². The van der Waals surface area contributed by atoms with Crippen molar-refractivity contribution in [1.29, 1.82) is 0 Å². The summed E-state index contributed by atoms with van der Waals surface area (Å²) in [5, 5.41) is 3.73. The number of likely N-dealkylation sites (tertiary alicyclic amines) is 2. The Morgan fingerprint density at radius 3 is 2.50 bits per heavy atom. The first-order valence-electron chi connectivity index (χ1n) is 10.7. The molecule has 0 radical (unpaired) electrons. The van der Waals surface area contributed by atoms with E-state index in [-0.39, 0.29) is 23.8 Å². The molecule has 2 aliphatic heterocycles. The van der Waals surface area contributed by atoms with Crippen LogP contribution in [0, 0.1) is 6.92 Å². The van der Waals surface area contributed by atoms with Gasteiger partial charge < -0.3 is 19.5 Å². The van der Waals surface area contributed by atoms with Gasteiger partial charge in [0.15, 0.2) is 5.76 Å². The first kappa shape index (κ1) is 22.7. The molecular formula is C23H25Cl2N3O4. The Morgan fingerprint density at radius 2 is 1.81 bits per heavy atom. The van der Waals surface area contributed by atoms with Crippen molar-refractivity contribution in [2.24, 2.45) is 0 Å². The average molecular weight is 478 g/mol. The number of carbonyl (C=O) groups excluding carboxylic acids is 3.